The lowest BCUT2D eigenvalue weighted by atomic mass is 10.1. The van der Waals surface area contributed by atoms with E-state index in [1.165, 1.54) is 11.4 Å². The number of carbonyl (C=O) groups is 1. The van der Waals surface area contributed by atoms with Gasteiger partial charge in [0.05, 0.1) is 25.1 Å². The van der Waals surface area contributed by atoms with Crippen molar-refractivity contribution in [3.05, 3.63) is 59.2 Å². The highest BCUT2D eigenvalue weighted by Crippen LogP contribution is 2.23. The monoisotopic (exact) mass is 376 g/mol. The number of methoxy groups -OCH3 is 1. The summed E-state index contributed by atoms with van der Waals surface area (Å²) in [6, 6.07) is 12.3. The molecule has 2 rings (SSSR count). The molecular formula is C19H24N2O4S. The maximum absolute atomic E-state index is 12.6. The molecule has 0 spiro atoms. The van der Waals surface area contributed by atoms with Gasteiger partial charge in [-0.25, -0.2) is 8.42 Å². The van der Waals surface area contributed by atoms with Gasteiger partial charge >= 0.3 is 0 Å². The van der Waals surface area contributed by atoms with E-state index < -0.39 is 10.0 Å². The molecule has 0 aliphatic rings. The third kappa shape index (κ3) is 4.54. The van der Waals surface area contributed by atoms with Crippen LogP contribution in [0.25, 0.3) is 0 Å². The number of anilines is 1. The van der Waals surface area contributed by atoms with Crippen LogP contribution in [-0.4, -0.2) is 34.7 Å². The Balaban J connectivity index is 2.21. The number of aryl methyl sites for hydroxylation is 1. The van der Waals surface area contributed by atoms with E-state index in [1.54, 1.807) is 32.2 Å². The summed E-state index contributed by atoms with van der Waals surface area (Å²) in [5.41, 5.74) is 2.61. The first-order valence-electron chi connectivity index (χ1n) is 8.13. The molecule has 6 nitrogen and oxygen atoms in total. The average Bonchev–Trinajstić information content (AvgIpc) is 2.60. The van der Waals surface area contributed by atoms with Gasteiger partial charge in [0.1, 0.15) is 5.75 Å². The lowest BCUT2D eigenvalue weighted by molar-refractivity contribution is 0.0940. The van der Waals surface area contributed by atoms with Crippen molar-refractivity contribution in [2.45, 2.75) is 19.9 Å². The Morgan fingerprint density at radius 1 is 1.15 bits per heavy atom. The summed E-state index contributed by atoms with van der Waals surface area (Å²) >= 11 is 0. The second kappa shape index (κ2) is 7.78. The number of nitrogens with zero attached hydrogens (tertiary/aromatic N) is 1. The third-order valence-corrected chi connectivity index (χ3v) is 5.46. The molecule has 1 atom stereocenters. The van der Waals surface area contributed by atoms with Crippen LogP contribution >= 0.6 is 0 Å². The van der Waals surface area contributed by atoms with E-state index in [9.17, 15) is 13.2 Å². The highest BCUT2D eigenvalue weighted by atomic mass is 32.2. The lowest BCUT2D eigenvalue weighted by Gasteiger charge is -2.20. The molecule has 2 aromatic carbocycles. The Kier molecular flexibility index (Phi) is 5.92. The van der Waals surface area contributed by atoms with Crippen molar-refractivity contribution in [3.8, 4) is 5.75 Å². The predicted octanol–water partition coefficient (Wildman–Crippen LogP) is 2.89. The van der Waals surface area contributed by atoms with Crippen LogP contribution in [0, 0.1) is 6.92 Å². The summed E-state index contributed by atoms with van der Waals surface area (Å²) in [6.45, 7) is 3.69. The summed E-state index contributed by atoms with van der Waals surface area (Å²) in [7, 11) is -0.332. The van der Waals surface area contributed by atoms with Crippen molar-refractivity contribution in [1.29, 1.82) is 0 Å². The van der Waals surface area contributed by atoms with E-state index in [2.05, 4.69) is 5.32 Å². The van der Waals surface area contributed by atoms with Gasteiger partial charge in [-0.2, -0.15) is 0 Å². The van der Waals surface area contributed by atoms with Gasteiger partial charge in [-0.05, 0) is 49.2 Å². The standard InChI is InChI=1S/C19H24N2O4S/c1-13-6-7-16(12-18(13)21(3)26(5,23)24)19(22)20-14(2)15-8-10-17(25-4)11-9-15/h6-12,14H,1-5H3,(H,20,22). The van der Waals surface area contributed by atoms with Crippen molar-refractivity contribution in [3.63, 3.8) is 0 Å². The van der Waals surface area contributed by atoms with Crippen molar-refractivity contribution >= 4 is 21.6 Å². The van der Waals surface area contributed by atoms with Crippen LogP contribution < -0.4 is 14.4 Å². The molecule has 0 aliphatic heterocycles. The molecule has 0 fully saturated rings. The summed E-state index contributed by atoms with van der Waals surface area (Å²) in [4.78, 5) is 12.6. The van der Waals surface area contributed by atoms with Gasteiger partial charge in [0.2, 0.25) is 10.0 Å². The Hall–Kier alpha value is -2.54. The highest BCUT2D eigenvalue weighted by molar-refractivity contribution is 7.92. The normalized spacial score (nSPS) is 12.3. The fourth-order valence-corrected chi connectivity index (χ4v) is 3.08. The van der Waals surface area contributed by atoms with Gasteiger partial charge in [-0.1, -0.05) is 18.2 Å². The number of benzene rings is 2. The molecule has 0 bridgehead atoms. The molecule has 26 heavy (non-hydrogen) atoms. The third-order valence-electron chi connectivity index (χ3n) is 4.27. The number of nitrogens with one attached hydrogen (secondary N) is 1. The van der Waals surface area contributed by atoms with Crippen molar-refractivity contribution in [2.75, 3.05) is 24.7 Å². The molecule has 1 unspecified atom stereocenters. The molecule has 0 radical (unpaired) electrons. The van der Waals surface area contributed by atoms with E-state index in [0.29, 0.717) is 11.3 Å². The summed E-state index contributed by atoms with van der Waals surface area (Å²) < 4.78 is 29.9. The predicted molar refractivity (Wildman–Crippen MR) is 103 cm³/mol. The molecule has 140 valence electrons. The largest absolute Gasteiger partial charge is 0.497 e. The first kappa shape index (κ1) is 19.8. The van der Waals surface area contributed by atoms with Crippen LogP contribution in [0.3, 0.4) is 0 Å². The molecule has 0 aromatic heterocycles. The van der Waals surface area contributed by atoms with Crippen LogP contribution in [0.2, 0.25) is 0 Å². The number of rotatable bonds is 6. The Labute approximate surface area is 154 Å². The quantitative estimate of drug-likeness (QED) is 0.841. The number of hydrogen-bond donors (Lipinski definition) is 1. The van der Waals surface area contributed by atoms with Gasteiger partial charge < -0.3 is 10.1 Å². The zero-order chi connectivity index (χ0) is 19.5. The first-order chi connectivity index (χ1) is 12.1. The van der Waals surface area contributed by atoms with Crippen LogP contribution in [0.15, 0.2) is 42.5 Å². The average molecular weight is 376 g/mol. The second-order valence-corrected chi connectivity index (χ2v) is 8.21. The molecule has 7 heteroatoms. The number of sulfonamides is 1. The fraction of sp³-hybridized carbons (Fsp3) is 0.316. The molecule has 0 saturated heterocycles. The molecular weight excluding hydrogens is 352 g/mol. The Morgan fingerprint density at radius 2 is 1.77 bits per heavy atom. The van der Waals surface area contributed by atoms with Crippen LogP contribution in [0.1, 0.15) is 34.5 Å². The minimum absolute atomic E-state index is 0.203. The Morgan fingerprint density at radius 3 is 2.31 bits per heavy atom. The van der Waals surface area contributed by atoms with Crippen molar-refractivity contribution < 1.29 is 17.9 Å². The van der Waals surface area contributed by atoms with Crippen LogP contribution in [0.5, 0.6) is 5.75 Å². The van der Waals surface area contributed by atoms with Gasteiger partial charge in [-0.3, -0.25) is 9.10 Å². The summed E-state index contributed by atoms with van der Waals surface area (Å²) in [6.07, 6.45) is 1.13. The molecule has 0 heterocycles. The van der Waals surface area contributed by atoms with E-state index >= 15 is 0 Å². The number of hydrogen-bond acceptors (Lipinski definition) is 4. The SMILES string of the molecule is COc1ccc(C(C)NC(=O)c2ccc(C)c(N(C)S(C)(=O)=O)c2)cc1. The van der Waals surface area contributed by atoms with E-state index in [-0.39, 0.29) is 11.9 Å². The molecule has 0 saturated carbocycles. The second-order valence-electron chi connectivity index (χ2n) is 6.20. The zero-order valence-corrected chi connectivity index (χ0v) is 16.4. The fourth-order valence-electron chi connectivity index (χ4n) is 2.52. The summed E-state index contributed by atoms with van der Waals surface area (Å²) in [5, 5.41) is 2.93. The molecule has 1 amide bonds. The van der Waals surface area contributed by atoms with Crippen LogP contribution in [0.4, 0.5) is 5.69 Å². The number of amides is 1. The van der Waals surface area contributed by atoms with Gasteiger partial charge in [-0.15, -0.1) is 0 Å². The molecule has 1 N–H and O–H groups in total. The highest BCUT2D eigenvalue weighted by Gasteiger charge is 2.18. The van der Waals surface area contributed by atoms with Gasteiger partial charge in [0, 0.05) is 12.6 Å². The molecule has 2 aromatic rings. The van der Waals surface area contributed by atoms with Crippen LogP contribution in [-0.2, 0) is 10.0 Å². The lowest BCUT2D eigenvalue weighted by Crippen LogP contribution is -2.28. The maximum atomic E-state index is 12.6. The summed E-state index contributed by atoms with van der Waals surface area (Å²) in [5.74, 6) is 0.482. The number of carbonyl (C=O) groups excluding carboxylic acids is 1. The van der Waals surface area contributed by atoms with Gasteiger partial charge in [0.25, 0.3) is 5.91 Å². The van der Waals surface area contributed by atoms with Crippen molar-refractivity contribution in [1.82, 2.24) is 5.32 Å². The van der Waals surface area contributed by atoms with Crippen molar-refractivity contribution in [2.24, 2.45) is 0 Å². The Bertz CT molecular complexity index is 892. The van der Waals surface area contributed by atoms with Gasteiger partial charge in [0.15, 0.2) is 0 Å². The zero-order valence-electron chi connectivity index (χ0n) is 15.6. The first-order valence-corrected chi connectivity index (χ1v) is 9.97. The van der Waals surface area contributed by atoms with E-state index in [4.69, 9.17) is 4.74 Å². The van der Waals surface area contributed by atoms with E-state index in [1.807, 2.05) is 31.2 Å². The maximum Gasteiger partial charge on any atom is 0.251 e. The minimum atomic E-state index is -3.40. The number of ether oxygens (including phenoxy) is 1. The topological polar surface area (TPSA) is 75.7 Å². The minimum Gasteiger partial charge on any atom is -0.497 e. The van der Waals surface area contributed by atoms with E-state index in [0.717, 1.165) is 23.1 Å². The molecule has 0 aliphatic carbocycles. The smallest absolute Gasteiger partial charge is 0.251 e.